The Morgan fingerprint density at radius 2 is 2.33 bits per heavy atom. The zero-order valence-corrected chi connectivity index (χ0v) is 9.75. The van der Waals surface area contributed by atoms with Gasteiger partial charge in [0.15, 0.2) is 0 Å². The van der Waals surface area contributed by atoms with E-state index in [0.29, 0.717) is 17.3 Å². The predicted octanol–water partition coefficient (Wildman–Crippen LogP) is 1.64. The Hall–Kier alpha value is -0.810. The first-order chi connectivity index (χ1) is 7.15. The van der Waals surface area contributed by atoms with Crippen molar-refractivity contribution in [1.29, 1.82) is 0 Å². The highest BCUT2D eigenvalue weighted by atomic mass is 32.2. The van der Waals surface area contributed by atoms with Gasteiger partial charge in [0.2, 0.25) is 5.95 Å². The number of aromatic nitrogens is 2. The first-order valence-electron chi connectivity index (χ1n) is 5.04. The number of anilines is 1. The van der Waals surface area contributed by atoms with Gasteiger partial charge in [-0.05, 0) is 26.3 Å². The summed E-state index contributed by atoms with van der Waals surface area (Å²) in [7, 11) is 0. The van der Waals surface area contributed by atoms with Crippen LogP contribution in [0, 0.1) is 6.92 Å². The number of aryl methyl sites for hydroxylation is 1. The van der Waals surface area contributed by atoms with Gasteiger partial charge in [0.25, 0.3) is 0 Å². The van der Waals surface area contributed by atoms with Gasteiger partial charge in [-0.15, -0.1) is 11.8 Å². The van der Waals surface area contributed by atoms with Gasteiger partial charge in [0, 0.05) is 17.6 Å². The van der Waals surface area contributed by atoms with Gasteiger partial charge in [-0.2, -0.15) is 0 Å². The molecule has 2 heterocycles. The summed E-state index contributed by atoms with van der Waals surface area (Å²) in [5.74, 6) is 0.351. The Morgan fingerprint density at radius 3 is 2.93 bits per heavy atom. The van der Waals surface area contributed by atoms with E-state index in [1.54, 1.807) is 11.8 Å². The van der Waals surface area contributed by atoms with Crippen molar-refractivity contribution in [2.24, 2.45) is 0 Å². The van der Waals surface area contributed by atoms with Crippen LogP contribution in [0.3, 0.4) is 0 Å². The average Bonchev–Trinajstić information content (AvgIpc) is 2.50. The fourth-order valence-corrected chi connectivity index (χ4v) is 2.82. The van der Waals surface area contributed by atoms with Crippen LogP contribution in [0.1, 0.15) is 19.0 Å². The van der Waals surface area contributed by atoms with E-state index in [1.165, 1.54) is 0 Å². The van der Waals surface area contributed by atoms with Gasteiger partial charge in [0.05, 0.1) is 6.10 Å². The normalized spacial score (nSPS) is 25.7. The van der Waals surface area contributed by atoms with Crippen LogP contribution in [0.25, 0.3) is 0 Å². The number of hydrogen-bond acceptors (Lipinski definition) is 5. The number of nitrogens with zero attached hydrogens (tertiary/aromatic N) is 2. The van der Waals surface area contributed by atoms with Crippen LogP contribution in [-0.4, -0.2) is 27.9 Å². The highest BCUT2D eigenvalue weighted by molar-refractivity contribution is 7.99. The highest BCUT2D eigenvalue weighted by Gasteiger charge is 2.25. The van der Waals surface area contributed by atoms with E-state index in [-0.39, 0.29) is 0 Å². The molecule has 2 N–H and O–H groups in total. The lowest BCUT2D eigenvalue weighted by atomic mass is 10.3. The zero-order chi connectivity index (χ0) is 10.8. The smallest absolute Gasteiger partial charge is 0.221 e. The third kappa shape index (κ3) is 2.60. The second kappa shape index (κ2) is 4.37. The summed E-state index contributed by atoms with van der Waals surface area (Å²) < 4.78 is 5.50. The minimum atomic E-state index is 0.298. The molecule has 0 saturated carbocycles. The monoisotopic (exact) mass is 225 g/mol. The Balaban J connectivity index is 2.10. The van der Waals surface area contributed by atoms with Crippen molar-refractivity contribution in [3.8, 4) is 0 Å². The minimum Gasteiger partial charge on any atom is -0.377 e. The number of rotatable bonds is 2. The summed E-state index contributed by atoms with van der Waals surface area (Å²) in [6.45, 7) is 4.87. The molecule has 1 aliphatic rings. The van der Waals surface area contributed by atoms with Crippen LogP contribution in [0.2, 0.25) is 0 Å². The summed E-state index contributed by atoms with van der Waals surface area (Å²) in [5.41, 5.74) is 6.52. The van der Waals surface area contributed by atoms with Crippen LogP contribution >= 0.6 is 11.8 Å². The molecule has 1 fully saturated rings. The van der Waals surface area contributed by atoms with Crippen molar-refractivity contribution in [2.45, 2.75) is 36.6 Å². The molecule has 1 saturated heterocycles. The molecule has 0 amide bonds. The summed E-state index contributed by atoms with van der Waals surface area (Å²) in [6.07, 6.45) is 1.38. The van der Waals surface area contributed by atoms with Gasteiger partial charge in [-0.1, -0.05) is 0 Å². The quantitative estimate of drug-likeness (QED) is 0.775. The predicted molar refractivity (Wildman–Crippen MR) is 60.9 cm³/mol. The van der Waals surface area contributed by atoms with Gasteiger partial charge >= 0.3 is 0 Å². The lowest BCUT2D eigenvalue weighted by Gasteiger charge is -2.12. The Labute approximate surface area is 93.6 Å². The van der Waals surface area contributed by atoms with Crippen molar-refractivity contribution in [1.82, 2.24) is 9.97 Å². The molecule has 0 spiro atoms. The number of nitrogen functional groups attached to an aromatic ring is 1. The largest absolute Gasteiger partial charge is 0.377 e. The molecule has 0 radical (unpaired) electrons. The lowest BCUT2D eigenvalue weighted by Crippen LogP contribution is -2.13. The van der Waals surface area contributed by atoms with Crippen molar-refractivity contribution >= 4 is 17.7 Å². The van der Waals surface area contributed by atoms with E-state index < -0.39 is 0 Å². The first kappa shape index (κ1) is 10.7. The molecule has 5 heteroatoms. The second-order valence-corrected chi connectivity index (χ2v) is 4.99. The first-order valence-corrected chi connectivity index (χ1v) is 5.92. The molecule has 0 bridgehead atoms. The van der Waals surface area contributed by atoms with Crippen molar-refractivity contribution in [2.75, 3.05) is 12.3 Å². The molecule has 82 valence electrons. The van der Waals surface area contributed by atoms with E-state index in [4.69, 9.17) is 10.5 Å². The molecular weight excluding hydrogens is 210 g/mol. The SMILES string of the molecule is Cc1cc(SC2CCOC2C)nc(N)n1. The molecule has 2 rings (SSSR count). The molecule has 2 unspecified atom stereocenters. The summed E-state index contributed by atoms with van der Waals surface area (Å²) >= 11 is 1.73. The topological polar surface area (TPSA) is 61.0 Å². The summed E-state index contributed by atoms with van der Waals surface area (Å²) in [5, 5.41) is 1.43. The Kier molecular flexibility index (Phi) is 3.11. The molecule has 0 aliphatic carbocycles. The van der Waals surface area contributed by atoms with E-state index >= 15 is 0 Å². The number of nitrogens with two attached hydrogens (primary N) is 1. The van der Waals surface area contributed by atoms with E-state index in [0.717, 1.165) is 23.7 Å². The van der Waals surface area contributed by atoms with Gasteiger partial charge in [-0.3, -0.25) is 0 Å². The standard InChI is InChI=1S/C10H15N3OS/c1-6-5-9(13-10(11)12-6)15-8-3-4-14-7(8)2/h5,7-8H,3-4H2,1-2H3,(H2,11,12,13). The van der Waals surface area contributed by atoms with Crippen molar-refractivity contribution in [3.05, 3.63) is 11.8 Å². The van der Waals surface area contributed by atoms with E-state index in [1.807, 2.05) is 13.0 Å². The second-order valence-electron chi connectivity index (χ2n) is 3.73. The van der Waals surface area contributed by atoms with Crippen molar-refractivity contribution < 1.29 is 4.74 Å². The third-order valence-electron chi connectivity index (χ3n) is 2.43. The molecule has 4 nitrogen and oxygen atoms in total. The highest BCUT2D eigenvalue weighted by Crippen LogP contribution is 2.31. The molecule has 2 atom stereocenters. The summed E-state index contributed by atoms with van der Waals surface area (Å²) in [4.78, 5) is 8.26. The van der Waals surface area contributed by atoms with Crippen molar-refractivity contribution in [3.63, 3.8) is 0 Å². The molecular formula is C10H15N3OS. The zero-order valence-electron chi connectivity index (χ0n) is 8.93. The molecule has 15 heavy (non-hydrogen) atoms. The van der Waals surface area contributed by atoms with Crippen LogP contribution in [-0.2, 0) is 4.74 Å². The van der Waals surface area contributed by atoms with Crippen LogP contribution < -0.4 is 5.73 Å². The summed E-state index contributed by atoms with van der Waals surface area (Å²) in [6, 6.07) is 1.96. The maximum absolute atomic E-state index is 5.60. The maximum Gasteiger partial charge on any atom is 0.221 e. The average molecular weight is 225 g/mol. The molecule has 0 aromatic carbocycles. The fourth-order valence-electron chi connectivity index (χ4n) is 1.64. The van der Waals surface area contributed by atoms with Crippen LogP contribution in [0.4, 0.5) is 5.95 Å². The lowest BCUT2D eigenvalue weighted by molar-refractivity contribution is 0.127. The Bertz CT molecular complexity index is 338. The molecule has 1 aromatic heterocycles. The third-order valence-corrected chi connectivity index (χ3v) is 3.80. The number of hydrogen-bond donors (Lipinski definition) is 1. The number of thioether (sulfide) groups is 1. The van der Waals surface area contributed by atoms with Crippen LogP contribution in [0.15, 0.2) is 11.1 Å². The Morgan fingerprint density at radius 1 is 1.53 bits per heavy atom. The molecule has 1 aliphatic heterocycles. The minimum absolute atomic E-state index is 0.298. The fraction of sp³-hybridized carbons (Fsp3) is 0.600. The van der Waals surface area contributed by atoms with E-state index in [2.05, 4.69) is 16.9 Å². The molecule has 1 aromatic rings. The van der Waals surface area contributed by atoms with Gasteiger partial charge < -0.3 is 10.5 Å². The van der Waals surface area contributed by atoms with Gasteiger partial charge in [0.1, 0.15) is 5.03 Å². The van der Waals surface area contributed by atoms with Crippen LogP contribution in [0.5, 0.6) is 0 Å². The number of ether oxygens (including phenoxy) is 1. The van der Waals surface area contributed by atoms with E-state index in [9.17, 15) is 0 Å². The maximum atomic E-state index is 5.60. The van der Waals surface area contributed by atoms with Gasteiger partial charge in [-0.25, -0.2) is 9.97 Å².